The predicted molar refractivity (Wildman–Crippen MR) is 92.1 cm³/mol. The van der Waals surface area contributed by atoms with Crippen LogP contribution in [0.25, 0.3) is 0 Å². The maximum atomic E-state index is 12.9. The minimum atomic E-state index is -0.494. The average Bonchev–Trinajstić information content (AvgIpc) is 3.20. The molecule has 2 saturated heterocycles. The number of carbonyl (C=O) groups excluding carboxylic acids is 2. The summed E-state index contributed by atoms with van der Waals surface area (Å²) in [5.74, 6) is 0.522. The van der Waals surface area contributed by atoms with Gasteiger partial charge in [-0.2, -0.15) is 0 Å². The normalized spacial score (nSPS) is 25.4. The van der Waals surface area contributed by atoms with Crippen molar-refractivity contribution in [3.8, 4) is 0 Å². The van der Waals surface area contributed by atoms with Crippen LogP contribution in [-0.2, 0) is 4.79 Å². The van der Waals surface area contributed by atoms with Crippen molar-refractivity contribution in [3.63, 3.8) is 0 Å². The van der Waals surface area contributed by atoms with Crippen LogP contribution in [0.3, 0.4) is 0 Å². The number of likely N-dealkylation sites (N-methyl/N-ethyl adjacent to an activating group) is 1. The summed E-state index contributed by atoms with van der Waals surface area (Å²) in [6.45, 7) is 1.62. The van der Waals surface area contributed by atoms with Crippen molar-refractivity contribution >= 4 is 23.6 Å². The highest BCUT2D eigenvalue weighted by molar-refractivity contribution is 6.07. The lowest BCUT2D eigenvalue weighted by Crippen LogP contribution is -2.64. The van der Waals surface area contributed by atoms with Crippen molar-refractivity contribution < 1.29 is 14.7 Å². The van der Waals surface area contributed by atoms with Crippen LogP contribution in [0.1, 0.15) is 6.42 Å². The van der Waals surface area contributed by atoms with Crippen LogP contribution < -0.4 is 4.90 Å². The van der Waals surface area contributed by atoms with Crippen LogP contribution in [0.15, 0.2) is 35.3 Å². The van der Waals surface area contributed by atoms with E-state index in [1.54, 1.807) is 7.05 Å². The Morgan fingerprint density at radius 3 is 2.68 bits per heavy atom. The summed E-state index contributed by atoms with van der Waals surface area (Å²) >= 11 is 0. The molecule has 4 rings (SSSR count). The summed E-state index contributed by atoms with van der Waals surface area (Å²) in [5.41, 5.74) is 1.03. The molecule has 3 aliphatic heterocycles. The molecule has 0 spiro atoms. The number of imide groups is 1. The molecule has 0 saturated carbocycles. The van der Waals surface area contributed by atoms with Gasteiger partial charge in [0.15, 0.2) is 12.2 Å². The largest absolute Gasteiger partial charge is 0.396 e. The lowest BCUT2D eigenvalue weighted by atomic mass is 10.1. The Hall–Kier alpha value is -2.61. The molecule has 0 aliphatic carbocycles. The summed E-state index contributed by atoms with van der Waals surface area (Å²) in [6.07, 6.45) is -0.112. The number of aliphatic hydroxyl groups is 1. The number of hydrogen-bond donors (Lipinski definition) is 1. The minimum Gasteiger partial charge on any atom is -0.396 e. The number of benzene rings is 1. The van der Waals surface area contributed by atoms with E-state index in [9.17, 15) is 9.59 Å². The number of guanidine groups is 1. The summed E-state index contributed by atoms with van der Waals surface area (Å²) in [5, 5.41) is 9.03. The van der Waals surface area contributed by atoms with Gasteiger partial charge in [0, 0.05) is 39.0 Å². The van der Waals surface area contributed by atoms with E-state index >= 15 is 0 Å². The predicted octanol–water partition coefficient (Wildman–Crippen LogP) is 0.149. The number of amides is 3. The Balaban J connectivity index is 1.64. The van der Waals surface area contributed by atoms with Gasteiger partial charge in [-0.25, -0.2) is 9.79 Å². The smallest absolute Gasteiger partial charge is 0.328 e. The van der Waals surface area contributed by atoms with Gasteiger partial charge in [0.05, 0.1) is 0 Å². The van der Waals surface area contributed by atoms with Gasteiger partial charge < -0.3 is 19.8 Å². The van der Waals surface area contributed by atoms with Crippen molar-refractivity contribution in [2.45, 2.75) is 18.6 Å². The molecule has 3 aliphatic rings. The number of carbonyl (C=O) groups is 2. The van der Waals surface area contributed by atoms with Gasteiger partial charge in [-0.3, -0.25) is 9.69 Å². The van der Waals surface area contributed by atoms with Gasteiger partial charge >= 0.3 is 6.03 Å². The Labute approximate surface area is 145 Å². The highest BCUT2D eigenvalue weighted by atomic mass is 16.3. The third-order valence-corrected chi connectivity index (χ3v) is 4.98. The molecule has 0 bridgehead atoms. The number of aliphatic imine (C=N–C) groups is 1. The van der Waals surface area contributed by atoms with Gasteiger partial charge in [0.25, 0.3) is 5.91 Å². The van der Waals surface area contributed by atoms with Crippen molar-refractivity contribution in [1.82, 2.24) is 14.7 Å². The third kappa shape index (κ3) is 2.36. The molecule has 132 valence electrons. The molecule has 25 heavy (non-hydrogen) atoms. The zero-order chi connectivity index (χ0) is 17.6. The first-order valence-electron chi connectivity index (χ1n) is 8.49. The second-order valence-electron chi connectivity index (χ2n) is 6.43. The fourth-order valence-electron chi connectivity index (χ4n) is 3.72. The fourth-order valence-corrected chi connectivity index (χ4v) is 3.72. The molecule has 8 nitrogen and oxygen atoms in total. The van der Waals surface area contributed by atoms with E-state index in [0.717, 1.165) is 18.2 Å². The van der Waals surface area contributed by atoms with Crippen molar-refractivity contribution in [2.24, 2.45) is 4.99 Å². The van der Waals surface area contributed by atoms with Gasteiger partial charge in [-0.1, -0.05) is 18.2 Å². The van der Waals surface area contributed by atoms with Crippen LogP contribution in [-0.4, -0.2) is 83.2 Å². The summed E-state index contributed by atoms with van der Waals surface area (Å²) < 4.78 is 0. The number of aliphatic hydroxyl groups excluding tert-OH is 1. The Bertz CT molecular complexity index is 722. The molecule has 0 radical (unpaired) electrons. The first-order chi connectivity index (χ1) is 12.1. The molecule has 2 unspecified atom stereocenters. The summed E-state index contributed by atoms with van der Waals surface area (Å²) in [4.78, 5) is 37.0. The van der Waals surface area contributed by atoms with Crippen LogP contribution in [0.2, 0.25) is 0 Å². The maximum absolute atomic E-state index is 12.9. The number of fused-ring (bicyclic) bond motifs is 3. The van der Waals surface area contributed by atoms with Crippen LogP contribution in [0.5, 0.6) is 0 Å². The van der Waals surface area contributed by atoms with Gasteiger partial charge in [0.1, 0.15) is 0 Å². The third-order valence-electron chi connectivity index (χ3n) is 4.98. The molecule has 2 atom stereocenters. The number of nitrogens with zero attached hydrogens (tertiary/aromatic N) is 5. The standard InChI is InChI=1S/C17H21N5O3/c1-19-14-13(15(24)22(17(19)25)8-5-11-23)21-10-9-20(16(21)18-14)12-6-3-2-4-7-12/h2-4,6-7,13-14,23H,5,8-11H2,1H3. The topological polar surface area (TPSA) is 79.7 Å². The molecular weight excluding hydrogens is 322 g/mol. The molecule has 8 heteroatoms. The Kier molecular flexibility index (Phi) is 3.84. The molecule has 1 aromatic carbocycles. The zero-order valence-electron chi connectivity index (χ0n) is 14.1. The van der Waals surface area contributed by atoms with Gasteiger partial charge in [0.2, 0.25) is 5.96 Å². The second kappa shape index (κ2) is 6.03. The Morgan fingerprint density at radius 1 is 1.20 bits per heavy atom. The lowest BCUT2D eigenvalue weighted by molar-refractivity contribution is -0.137. The number of para-hydroxylation sites is 1. The highest BCUT2D eigenvalue weighted by Crippen LogP contribution is 2.33. The van der Waals surface area contributed by atoms with E-state index in [4.69, 9.17) is 10.1 Å². The first kappa shape index (κ1) is 15.9. The monoisotopic (exact) mass is 343 g/mol. The van der Waals surface area contributed by atoms with E-state index in [1.807, 2.05) is 35.2 Å². The van der Waals surface area contributed by atoms with Crippen molar-refractivity contribution in [2.75, 3.05) is 38.2 Å². The SMILES string of the molecule is CN1C(=O)N(CCCO)C(=O)C2C1N=C1N(c3ccccc3)CCN12. The van der Waals surface area contributed by atoms with E-state index in [-0.39, 0.29) is 25.1 Å². The summed E-state index contributed by atoms with van der Waals surface area (Å²) in [7, 11) is 1.68. The van der Waals surface area contributed by atoms with E-state index in [2.05, 4.69) is 4.90 Å². The highest BCUT2D eigenvalue weighted by Gasteiger charge is 2.54. The van der Waals surface area contributed by atoms with E-state index in [1.165, 1.54) is 9.80 Å². The van der Waals surface area contributed by atoms with Crippen molar-refractivity contribution in [3.05, 3.63) is 30.3 Å². The summed E-state index contributed by atoms with van der Waals surface area (Å²) in [6, 6.07) is 9.09. The van der Waals surface area contributed by atoms with Gasteiger partial charge in [-0.15, -0.1) is 0 Å². The molecule has 1 aromatic rings. The molecule has 3 heterocycles. The molecule has 3 amide bonds. The van der Waals surface area contributed by atoms with Crippen LogP contribution in [0, 0.1) is 0 Å². The number of hydrogen-bond acceptors (Lipinski definition) is 6. The zero-order valence-corrected chi connectivity index (χ0v) is 14.1. The molecule has 1 N–H and O–H groups in total. The van der Waals surface area contributed by atoms with E-state index < -0.39 is 12.2 Å². The van der Waals surface area contributed by atoms with E-state index in [0.29, 0.717) is 13.0 Å². The minimum absolute atomic E-state index is 0.0535. The van der Waals surface area contributed by atoms with Gasteiger partial charge in [-0.05, 0) is 18.6 Å². The second-order valence-corrected chi connectivity index (χ2v) is 6.43. The quantitative estimate of drug-likeness (QED) is 0.842. The number of urea groups is 1. The van der Waals surface area contributed by atoms with Crippen molar-refractivity contribution in [1.29, 1.82) is 0 Å². The molecular formula is C17H21N5O3. The number of anilines is 1. The first-order valence-corrected chi connectivity index (χ1v) is 8.49. The molecule has 2 fully saturated rings. The molecule has 0 aromatic heterocycles. The van der Waals surface area contributed by atoms with Crippen LogP contribution in [0.4, 0.5) is 10.5 Å². The average molecular weight is 343 g/mol. The Morgan fingerprint density at radius 2 is 1.96 bits per heavy atom. The van der Waals surface area contributed by atoms with Crippen LogP contribution >= 0.6 is 0 Å². The number of rotatable bonds is 4. The lowest BCUT2D eigenvalue weighted by Gasteiger charge is -2.40. The maximum Gasteiger partial charge on any atom is 0.328 e. The fraction of sp³-hybridized carbons (Fsp3) is 0.471.